The lowest BCUT2D eigenvalue weighted by molar-refractivity contribution is 0.275. The van der Waals surface area contributed by atoms with Crippen molar-refractivity contribution in [2.45, 2.75) is 56.1 Å². The fraction of sp³-hybridized carbons (Fsp3) is 0.125. The van der Waals surface area contributed by atoms with Gasteiger partial charge in [0, 0.05) is 0 Å². The first-order chi connectivity index (χ1) is 34.1. The van der Waals surface area contributed by atoms with Crippen molar-refractivity contribution in [1.29, 1.82) is 0 Å². The van der Waals surface area contributed by atoms with Crippen molar-refractivity contribution in [3.05, 3.63) is 146 Å². The van der Waals surface area contributed by atoms with Crippen LogP contribution in [0.3, 0.4) is 0 Å². The number of hydrogen-bond acceptors (Lipinski definition) is 20. The SMILES string of the molecule is CCCOc1nc(Oc2ccc(S(=O)(=O)c3ccc(Oc4nc(OCCC)nc(Oc5ccccc5S(=O)(=O)c5ccc(O)cc5)n4)cc3)cc2)nc(Oc2ccccc2S(=O)(=O)c2ccc(O)cc2)n1. The van der Waals surface area contributed by atoms with Crippen LogP contribution in [-0.4, -0.2) is 78.6 Å². The summed E-state index contributed by atoms with van der Waals surface area (Å²) in [7, 11) is -12.4. The van der Waals surface area contributed by atoms with E-state index in [0.29, 0.717) is 12.8 Å². The number of aromatic hydroxyl groups is 2. The number of sulfone groups is 3. The molecular weight excluding hydrogens is 981 g/mol. The summed E-state index contributed by atoms with van der Waals surface area (Å²) in [5.41, 5.74) is 0. The minimum absolute atomic E-state index is 0.0914. The number of nitrogens with zero attached hydrogens (tertiary/aromatic N) is 6. The number of rotatable bonds is 20. The lowest BCUT2D eigenvalue weighted by Gasteiger charge is -2.13. The van der Waals surface area contributed by atoms with Gasteiger partial charge in [-0.15, -0.1) is 29.9 Å². The molecule has 6 aromatic carbocycles. The average Bonchev–Trinajstić information content (AvgIpc) is 3.36. The van der Waals surface area contributed by atoms with Gasteiger partial charge in [0.1, 0.15) is 44.3 Å². The molecule has 2 heterocycles. The summed E-state index contributed by atoms with van der Waals surface area (Å²) in [6.45, 7) is 4.16. The Morgan fingerprint density at radius 3 is 1.01 bits per heavy atom. The first kappa shape index (κ1) is 49.0. The highest BCUT2D eigenvalue weighted by molar-refractivity contribution is 7.92. The van der Waals surface area contributed by atoms with Gasteiger partial charge in [0.05, 0.1) is 32.8 Å². The largest absolute Gasteiger partial charge is 0.508 e. The summed E-state index contributed by atoms with van der Waals surface area (Å²) in [4.78, 5) is 24.3. The first-order valence-corrected chi connectivity index (χ1v) is 25.8. The molecule has 0 bridgehead atoms. The molecule has 8 aromatic rings. The summed E-state index contributed by atoms with van der Waals surface area (Å²) < 4.78 is 117. The van der Waals surface area contributed by atoms with Gasteiger partial charge in [0.25, 0.3) is 0 Å². The van der Waals surface area contributed by atoms with Gasteiger partial charge in [0.2, 0.25) is 29.5 Å². The number of phenols is 2. The topological polar surface area (TPSA) is 276 Å². The zero-order valence-corrected chi connectivity index (χ0v) is 39.8. The molecule has 0 aliphatic heterocycles. The molecule has 2 aromatic heterocycles. The van der Waals surface area contributed by atoms with Crippen molar-refractivity contribution >= 4 is 29.5 Å². The number of hydrogen-bond donors (Lipinski definition) is 2. The fourth-order valence-corrected chi connectivity index (χ4v) is 10.3. The molecule has 0 spiro atoms. The predicted molar refractivity (Wildman–Crippen MR) is 250 cm³/mol. The second-order valence-corrected chi connectivity index (χ2v) is 20.6. The van der Waals surface area contributed by atoms with Crippen LogP contribution < -0.4 is 28.4 Å². The molecule has 23 heteroatoms. The molecule has 364 valence electrons. The van der Waals surface area contributed by atoms with Crippen molar-refractivity contribution < 1.29 is 63.9 Å². The third kappa shape index (κ3) is 11.6. The zero-order valence-electron chi connectivity index (χ0n) is 37.4. The van der Waals surface area contributed by atoms with Crippen molar-refractivity contribution in [3.8, 4) is 70.6 Å². The van der Waals surface area contributed by atoms with Crippen LogP contribution in [0.15, 0.2) is 175 Å². The minimum Gasteiger partial charge on any atom is -0.508 e. The van der Waals surface area contributed by atoms with E-state index < -0.39 is 29.5 Å². The Morgan fingerprint density at radius 2 is 0.662 bits per heavy atom. The van der Waals surface area contributed by atoms with E-state index in [1.807, 2.05) is 13.8 Å². The minimum atomic E-state index is -4.13. The first-order valence-electron chi connectivity index (χ1n) is 21.3. The van der Waals surface area contributed by atoms with Gasteiger partial charge in [-0.2, -0.15) is 0 Å². The van der Waals surface area contributed by atoms with Crippen molar-refractivity contribution in [3.63, 3.8) is 0 Å². The monoisotopic (exact) mass is 1020 g/mol. The number of aromatic nitrogens is 6. The van der Waals surface area contributed by atoms with Gasteiger partial charge in [-0.3, -0.25) is 0 Å². The van der Waals surface area contributed by atoms with Crippen LogP contribution >= 0.6 is 0 Å². The van der Waals surface area contributed by atoms with Crippen molar-refractivity contribution in [2.24, 2.45) is 0 Å². The van der Waals surface area contributed by atoms with Gasteiger partial charge in [-0.25, -0.2) is 25.3 Å². The van der Waals surface area contributed by atoms with E-state index in [9.17, 15) is 35.5 Å². The van der Waals surface area contributed by atoms with E-state index in [-0.39, 0.29) is 113 Å². The van der Waals surface area contributed by atoms with Gasteiger partial charge < -0.3 is 38.6 Å². The number of para-hydroxylation sites is 2. The van der Waals surface area contributed by atoms with E-state index in [1.54, 1.807) is 12.1 Å². The van der Waals surface area contributed by atoms with Gasteiger partial charge >= 0.3 is 36.1 Å². The zero-order chi connectivity index (χ0) is 50.2. The van der Waals surface area contributed by atoms with Crippen molar-refractivity contribution in [2.75, 3.05) is 13.2 Å². The Bertz CT molecular complexity index is 3290. The van der Waals surface area contributed by atoms with Gasteiger partial charge in [-0.05, 0) is 134 Å². The maximum Gasteiger partial charge on any atom is 0.331 e. The standard InChI is InChI=1S/C48H40N6O14S3/c1-3-29-63-43-49-45(53-47(51-43)67-39-9-5-7-11-41(39)70(59,60)37-21-13-31(55)14-22-37)65-33-17-25-35(26-18-33)69(57,58)36-27-19-34(20-28-36)66-46-50-44(64-30-4-2)52-48(54-46)68-40-10-6-8-12-42(40)71(61,62)38-23-15-32(56)16-24-38/h5-28,55-56H,3-4,29-30H2,1-2H3. The Balaban J connectivity index is 0.981. The number of benzene rings is 6. The lowest BCUT2D eigenvalue weighted by Crippen LogP contribution is -2.07. The molecule has 0 saturated heterocycles. The van der Waals surface area contributed by atoms with Crippen LogP contribution in [0.2, 0.25) is 0 Å². The molecule has 0 aliphatic carbocycles. The molecule has 0 aliphatic rings. The summed E-state index contributed by atoms with van der Waals surface area (Å²) >= 11 is 0. The van der Waals surface area contributed by atoms with E-state index in [4.69, 9.17) is 28.4 Å². The van der Waals surface area contributed by atoms with Crippen LogP contribution in [0.4, 0.5) is 0 Å². The van der Waals surface area contributed by atoms with Crippen LogP contribution in [0.1, 0.15) is 26.7 Å². The molecular formula is C48H40N6O14S3. The molecule has 0 amide bonds. The lowest BCUT2D eigenvalue weighted by atomic mass is 10.3. The molecule has 2 N–H and O–H groups in total. The second-order valence-electron chi connectivity index (χ2n) is 14.8. The van der Waals surface area contributed by atoms with E-state index >= 15 is 0 Å². The Hall–Kier alpha value is -8.41. The maximum absolute atomic E-state index is 13.8. The summed E-state index contributed by atoms with van der Waals surface area (Å²) in [5.74, 6) is -0.219. The van der Waals surface area contributed by atoms with Crippen LogP contribution in [0, 0.1) is 0 Å². The van der Waals surface area contributed by atoms with Crippen molar-refractivity contribution in [1.82, 2.24) is 29.9 Å². The molecule has 0 unspecified atom stereocenters. The average molecular weight is 1020 g/mol. The third-order valence-electron chi connectivity index (χ3n) is 9.68. The summed E-state index contributed by atoms with van der Waals surface area (Å²) in [6.07, 6.45) is 1.20. The fourth-order valence-electron chi connectivity index (χ4n) is 6.27. The summed E-state index contributed by atoms with van der Waals surface area (Å²) in [5, 5.41) is 19.4. The molecule has 8 rings (SSSR count). The molecule has 71 heavy (non-hydrogen) atoms. The van der Waals surface area contributed by atoms with Gasteiger partial charge in [0.15, 0.2) is 0 Å². The second kappa shape index (κ2) is 21.1. The smallest absolute Gasteiger partial charge is 0.331 e. The van der Waals surface area contributed by atoms with Gasteiger partial charge in [-0.1, -0.05) is 38.1 Å². The molecule has 0 atom stereocenters. The van der Waals surface area contributed by atoms with Crippen LogP contribution in [-0.2, 0) is 29.5 Å². The normalized spacial score (nSPS) is 11.6. The third-order valence-corrected chi connectivity index (χ3v) is 15.1. The highest BCUT2D eigenvalue weighted by Gasteiger charge is 2.26. The van der Waals surface area contributed by atoms with Crippen LogP contribution in [0.5, 0.6) is 70.6 Å². The van der Waals surface area contributed by atoms with E-state index in [1.165, 1.54) is 133 Å². The Morgan fingerprint density at radius 1 is 0.366 bits per heavy atom. The maximum atomic E-state index is 13.8. The molecule has 20 nitrogen and oxygen atoms in total. The molecule has 0 fully saturated rings. The highest BCUT2D eigenvalue weighted by atomic mass is 32.2. The Labute approximate surface area is 406 Å². The molecule has 0 radical (unpaired) electrons. The van der Waals surface area contributed by atoms with E-state index in [2.05, 4.69) is 29.9 Å². The number of phenolic OH excluding ortho intramolecular Hbond substituents is 2. The number of ether oxygens (including phenoxy) is 6. The summed E-state index contributed by atoms with van der Waals surface area (Å²) in [6, 6.07) is 30.7. The highest BCUT2D eigenvalue weighted by Crippen LogP contribution is 2.36. The molecule has 0 saturated carbocycles. The van der Waals surface area contributed by atoms with Crippen LogP contribution in [0.25, 0.3) is 0 Å². The quantitative estimate of drug-likeness (QED) is 0.0722. The Kier molecular flexibility index (Phi) is 14.5. The van der Waals surface area contributed by atoms with E-state index in [0.717, 1.165) is 0 Å². The predicted octanol–water partition coefficient (Wildman–Crippen LogP) is 8.71.